The molecule has 1 saturated heterocycles. The van der Waals surface area contributed by atoms with E-state index >= 15 is 0 Å². The van der Waals surface area contributed by atoms with Gasteiger partial charge in [0.15, 0.2) is 18.4 Å². The second-order valence-electron chi connectivity index (χ2n) is 3.18. The fraction of sp³-hybridized carbons (Fsp3) is 0.750. The molecule has 0 saturated carbocycles. The van der Waals surface area contributed by atoms with Gasteiger partial charge in [-0.05, 0) is 0 Å². The molecule has 1 rings (SSSR count). The number of carbonyl (C=O) groups is 1. The molecule has 0 radical (unpaired) electrons. The first-order valence-electron chi connectivity index (χ1n) is 4.30. The number of carbonyl (C=O) groups excluding carboxylic acids is 1. The molecule has 0 aromatic carbocycles. The van der Waals surface area contributed by atoms with Gasteiger partial charge in [-0.2, -0.15) is 0 Å². The Bertz CT molecular complexity index is 236. The molecule has 5 atom stereocenters. The van der Waals surface area contributed by atoms with Crippen LogP contribution in [-0.2, 0) is 14.3 Å². The van der Waals surface area contributed by atoms with Crippen molar-refractivity contribution < 1.29 is 34.7 Å². The fourth-order valence-electron chi connectivity index (χ4n) is 1.36. The normalized spacial score (nSPS) is 38.6. The van der Waals surface area contributed by atoms with Crippen LogP contribution in [0.15, 0.2) is 0 Å². The number of esters is 1. The van der Waals surface area contributed by atoms with Gasteiger partial charge in [-0.15, -0.1) is 0 Å². The Labute approximate surface area is 85.9 Å². The minimum Gasteiger partial charge on any atom is -0.479 e. The summed E-state index contributed by atoms with van der Waals surface area (Å²) in [5, 5.41) is 36.8. The van der Waals surface area contributed by atoms with Gasteiger partial charge in [-0.1, -0.05) is 0 Å². The van der Waals surface area contributed by atoms with Crippen LogP contribution in [0, 0.1) is 6.92 Å². The second-order valence-corrected chi connectivity index (χ2v) is 3.18. The molecule has 0 spiro atoms. The van der Waals surface area contributed by atoms with Gasteiger partial charge < -0.3 is 29.9 Å². The maximum Gasteiger partial charge on any atom is 0.185 e. The molecule has 4 N–H and O–H groups in total. The standard InChI is InChI=1S/C8H13O7.Rf/c1-3(10)14-7-5(11)4(2-9)15-8(13)6(7)12;/h4-9,11-13H,1-2H2;/q-1;. The van der Waals surface area contributed by atoms with E-state index in [0.29, 0.717) is 0 Å². The Balaban J connectivity index is 0.00000225. The quantitative estimate of drug-likeness (QED) is 0.245. The average molecular weight is 488 g/mol. The van der Waals surface area contributed by atoms with E-state index in [1.54, 1.807) is 0 Å². The molecule has 0 aliphatic carbocycles. The summed E-state index contributed by atoms with van der Waals surface area (Å²) in [5.41, 5.74) is 0. The van der Waals surface area contributed by atoms with Crippen LogP contribution in [0.5, 0.6) is 0 Å². The van der Waals surface area contributed by atoms with Crippen molar-refractivity contribution in [3.63, 3.8) is 0 Å². The Morgan fingerprint density at radius 2 is 1.88 bits per heavy atom. The van der Waals surface area contributed by atoms with Crippen molar-refractivity contribution >= 4 is 5.97 Å². The molecule has 1 fully saturated rings. The molecule has 7 nitrogen and oxygen atoms in total. The molecule has 90 valence electrons. The first-order chi connectivity index (χ1) is 6.97. The van der Waals surface area contributed by atoms with Gasteiger partial charge >= 0.3 is 0 Å². The monoisotopic (exact) mass is 488 g/mol. The summed E-state index contributed by atoms with van der Waals surface area (Å²) in [6.45, 7) is 2.34. The topological polar surface area (TPSA) is 116 Å². The number of hydrogen-bond donors (Lipinski definition) is 4. The third-order valence-electron chi connectivity index (χ3n) is 2.11. The zero-order valence-electron chi connectivity index (χ0n) is 8.52. The van der Waals surface area contributed by atoms with Gasteiger partial charge in [0.2, 0.25) is 0 Å². The Morgan fingerprint density at radius 3 is 2.31 bits per heavy atom. The molecule has 5 unspecified atom stereocenters. The van der Waals surface area contributed by atoms with Crippen molar-refractivity contribution in [1.82, 2.24) is 0 Å². The van der Waals surface area contributed by atoms with Gasteiger partial charge in [0.25, 0.3) is 0 Å². The molecule has 0 amide bonds. The molecule has 8 heteroatoms. The van der Waals surface area contributed by atoms with E-state index in [1.807, 2.05) is 0 Å². The maximum absolute atomic E-state index is 10.6. The number of rotatable bonds is 2. The minimum absolute atomic E-state index is 0. The van der Waals surface area contributed by atoms with Crippen LogP contribution in [0.25, 0.3) is 0 Å². The number of hydrogen-bond acceptors (Lipinski definition) is 7. The zero-order valence-corrected chi connectivity index (χ0v) is 14.9. The number of aliphatic hydroxyl groups is 4. The van der Waals surface area contributed by atoms with E-state index in [0.717, 1.165) is 0 Å². The number of aliphatic hydroxyl groups excluding tert-OH is 4. The van der Waals surface area contributed by atoms with Crippen LogP contribution in [0.1, 0.15) is 0 Å². The molecular weight excluding hydrogens is 475 g/mol. The van der Waals surface area contributed by atoms with Gasteiger partial charge in [-0.25, -0.2) is 0 Å². The van der Waals surface area contributed by atoms with Crippen molar-refractivity contribution in [1.29, 1.82) is 0 Å². The molecule has 1 aliphatic rings. The van der Waals surface area contributed by atoms with E-state index in [2.05, 4.69) is 16.4 Å². The molecular formula is C8H13O7Rf-. The van der Waals surface area contributed by atoms with Gasteiger partial charge in [0.05, 0.1) is 6.61 Å². The Hall–Kier alpha value is -1.86. The zero-order chi connectivity index (χ0) is 11.6. The van der Waals surface area contributed by atoms with E-state index in [-0.39, 0.29) is 0 Å². The van der Waals surface area contributed by atoms with Crippen LogP contribution in [0.3, 0.4) is 0 Å². The first-order valence-corrected chi connectivity index (χ1v) is 4.30. The molecule has 0 aromatic heterocycles. The first kappa shape index (κ1) is 14.1. The van der Waals surface area contributed by atoms with E-state index in [4.69, 9.17) is 5.11 Å². The summed E-state index contributed by atoms with van der Waals surface area (Å²) in [6, 6.07) is 0. The fourth-order valence-corrected chi connectivity index (χ4v) is 1.36. The third-order valence-corrected chi connectivity index (χ3v) is 2.11. The van der Waals surface area contributed by atoms with Crippen molar-refractivity contribution in [3.05, 3.63) is 6.92 Å². The summed E-state index contributed by atoms with van der Waals surface area (Å²) >= 11 is 0. The summed E-state index contributed by atoms with van der Waals surface area (Å²) < 4.78 is 9.18. The van der Waals surface area contributed by atoms with Gasteiger partial charge in [0.1, 0.15) is 18.3 Å². The summed E-state index contributed by atoms with van der Waals surface area (Å²) in [7, 11) is 0. The largest absolute Gasteiger partial charge is 0.479 e. The van der Waals surface area contributed by atoms with Crippen LogP contribution < -0.4 is 0 Å². The maximum atomic E-state index is 10.6. The third kappa shape index (κ3) is 2.59. The second kappa shape index (κ2) is 5.29. The Morgan fingerprint density at radius 1 is 1.31 bits per heavy atom. The molecule has 0 aromatic rings. The smallest absolute Gasteiger partial charge is 0.185 e. The van der Waals surface area contributed by atoms with Crippen LogP contribution in [0.4, 0.5) is 0 Å². The van der Waals surface area contributed by atoms with E-state index < -0.39 is 43.3 Å². The van der Waals surface area contributed by atoms with E-state index in [1.165, 1.54) is 0 Å². The molecule has 0 bridgehead atoms. The van der Waals surface area contributed by atoms with Gasteiger partial charge in [0, 0.05) is 0 Å². The summed E-state index contributed by atoms with van der Waals surface area (Å²) in [5.74, 6) is -0.955. The summed E-state index contributed by atoms with van der Waals surface area (Å²) in [4.78, 5) is 10.6. The predicted molar refractivity (Wildman–Crippen MR) is 45.2 cm³/mol. The van der Waals surface area contributed by atoms with Crippen LogP contribution in [0.2, 0.25) is 0 Å². The molecule has 16 heavy (non-hydrogen) atoms. The van der Waals surface area contributed by atoms with Gasteiger partial charge in [-0.3, -0.25) is 11.7 Å². The van der Waals surface area contributed by atoms with Crippen molar-refractivity contribution in [3.8, 4) is 0 Å². The van der Waals surface area contributed by atoms with Crippen molar-refractivity contribution in [2.24, 2.45) is 0 Å². The van der Waals surface area contributed by atoms with Crippen LogP contribution >= 0.6 is 0 Å². The molecule has 1 aliphatic heterocycles. The minimum atomic E-state index is -1.63. The SMILES string of the molecule is [CH2-]C(=O)OC1C(O)C(O)OC(CO)C1O.[Rf]. The average Bonchev–Trinajstić information content (AvgIpc) is 2.18. The molecule has 1 heterocycles. The number of ether oxygens (including phenoxy) is 2. The van der Waals surface area contributed by atoms with Crippen LogP contribution in [-0.4, -0.2) is 63.7 Å². The summed E-state index contributed by atoms with van der Waals surface area (Å²) in [6.07, 6.45) is -7.11. The predicted octanol–water partition coefficient (Wildman–Crippen LogP) is -2.84. The van der Waals surface area contributed by atoms with E-state index in [9.17, 15) is 20.1 Å². The van der Waals surface area contributed by atoms with Crippen molar-refractivity contribution in [2.75, 3.05) is 6.61 Å². The Kier molecular flexibility index (Phi) is 4.67. The van der Waals surface area contributed by atoms with Crippen molar-refractivity contribution in [2.45, 2.75) is 30.7 Å².